The van der Waals surface area contributed by atoms with Crippen molar-refractivity contribution >= 4 is 6.08 Å². The predicted octanol–water partition coefficient (Wildman–Crippen LogP) is 8.00. The summed E-state index contributed by atoms with van der Waals surface area (Å²) in [6.07, 6.45) is 13.6. The summed E-state index contributed by atoms with van der Waals surface area (Å²) in [5, 5.41) is 0. The van der Waals surface area contributed by atoms with Crippen LogP contribution >= 0.6 is 0 Å². The Morgan fingerprint density at radius 2 is 1.79 bits per heavy atom. The van der Waals surface area contributed by atoms with Gasteiger partial charge in [0.1, 0.15) is 5.82 Å². The molecule has 0 N–H and O–H groups in total. The molecule has 0 aliphatic heterocycles. The van der Waals surface area contributed by atoms with E-state index < -0.39 is 0 Å². The SMILES string of the molecule is C=CCc1ccc(-c2ccc(C=CCCCC(C)OCCCCC)c(F)c2)cc1. The molecule has 1 nitrogen and oxygen atoms in total. The van der Waals surface area contributed by atoms with E-state index in [9.17, 15) is 4.39 Å². The smallest absolute Gasteiger partial charge is 0.131 e. The molecule has 0 heterocycles. The minimum Gasteiger partial charge on any atom is -0.379 e. The van der Waals surface area contributed by atoms with E-state index in [1.165, 1.54) is 18.4 Å². The third kappa shape index (κ3) is 8.37. The molecule has 1 unspecified atom stereocenters. The number of unbranched alkanes of at least 4 members (excludes halogenated alkanes) is 3. The second kappa shape index (κ2) is 13.1. The molecule has 2 heteroatoms. The first-order valence-corrected chi connectivity index (χ1v) is 10.9. The van der Waals surface area contributed by atoms with Crippen LogP contribution < -0.4 is 0 Å². The summed E-state index contributed by atoms with van der Waals surface area (Å²) in [5.74, 6) is -0.179. The van der Waals surface area contributed by atoms with E-state index in [1.54, 1.807) is 6.07 Å². The summed E-state index contributed by atoms with van der Waals surface area (Å²) < 4.78 is 20.3. The molecule has 1 atom stereocenters. The quantitative estimate of drug-likeness (QED) is 0.247. The van der Waals surface area contributed by atoms with Gasteiger partial charge < -0.3 is 4.74 Å². The van der Waals surface area contributed by atoms with E-state index >= 15 is 0 Å². The Morgan fingerprint density at radius 3 is 2.48 bits per heavy atom. The molecule has 0 aliphatic carbocycles. The molecular weight excluding hydrogens is 359 g/mol. The van der Waals surface area contributed by atoms with Crippen molar-refractivity contribution in [1.29, 1.82) is 0 Å². The van der Waals surface area contributed by atoms with Crippen molar-refractivity contribution < 1.29 is 9.13 Å². The molecule has 0 fully saturated rings. The number of ether oxygens (including phenoxy) is 1. The number of allylic oxidation sites excluding steroid dienone is 2. The molecule has 0 aromatic heterocycles. The summed E-state index contributed by atoms with van der Waals surface area (Å²) in [7, 11) is 0. The molecule has 0 bridgehead atoms. The van der Waals surface area contributed by atoms with Gasteiger partial charge in [0.15, 0.2) is 0 Å². The monoisotopic (exact) mass is 394 g/mol. The normalized spacial score (nSPS) is 12.4. The Hall–Kier alpha value is -2.19. The Balaban J connectivity index is 1.80. The third-order valence-electron chi connectivity index (χ3n) is 5.10. The molecule has 0 saturated heterocycles. The fourth-order valence-electron chi connectivity index (χ4n) is 3.30. The average molecular weight is 395 g/mol. The molecule has 0 amide bonds. The predicted molar refractivity (Wildman–Crippen MR) is 124 cm³/mol. The molecule has 29 heavy (non-hydrogen) atoms. The molecule has 2 aromatic rings. The number of halogens is 1. The van der Waals surface area contributed by atoms with Crippen molar-refractivity contribution in [1.82, 2.24) is 0 Å². The molecule has 0 saturated carbocycles. The highest BCUT2D eigenvalue weighted by molar-refractivity contribution is 5.66. The maximum Gasteiger partial charge on any atom is 0.131 e. The molecule has 156 valence electrons. The zero-order valence-electron chi connectivity index (χ0n) is 18.0. The van der Waals surface area contributed by atoms with Gasteiger partial charge in [-0.15, -0.1) is 6.58 Å². The third-order valence-corrected chi connectivity index (χ3v) is 5.10. The Labute approximate surface area is 176 Å². The van der Waals surface area contributed by atoms with Crippen LogP contribution in [0.5, 0.6) is 0 Å². The molecule has 0 spiro atoms. The van der Waals surface area contributed by atoms with E-state index in [0.29, 0.717) is 11.7 Å². The van der Waals surface area contributed by atoms with Crippen LogP contribution in [0.3, 0.4) is 0 Å². The maximum atomic E-state index is 14.5. The van der Waals surface area contributed by atoms with Gasteiger partial charge in [-0.25, -0.2) is 4.39 Å². The summed E-state index contributed by atoms with van der Waals surface area (Å²) in [5.41, 5.74) is 3.78. The fraction of sp³-hybridized carbons (Fsp3) is 0.407. The van der Waals surface area contributed by atoms with Crippen molar-refractivity contribution in [3.8, 4) is 11.1 Å². The molecular formula is C27H35FO. The average Bonchev–Trinajstić information content (AvgIpc) is 2.73. The van der Waals surface area contributed by atoms with E-state index in [4.69, 9.17) is 4.74 Å². The Morgan fingerprint density at radius 1 is 1.03 bits per heavy atom. The molecule has 2 rings (SSSR count). The van der Waals surface area contributed by atoms with Crippen LogP contribution in [0.25, 0.3) is 17.2 Å². The molecule has 0 aliphatic rings. The van der Waals surface area contributed by atoms with Crippen LogP contribution in [0.4, 0.5) is 4.39 Å². The highest BCUT2D eigenvalue weighted by atomic mass is 19.1. The number of hydrogen-bond donors (Lipinski definition) is 0. The lowest BCUT2D eigenvalue weighted by Gasteiger charge is -2.12. The standard InChI is InChI=1S/C27H35FO/c1-4-6-10-20-29-22(3)12-8-7-9-13-25-18-19-26(21-27(25)28)24-16-14-23(11-5-2)15-17-24/h5,9,13-19,21-22H,2,4,6-8,10-12,20H2,1,3H3. The second-order valence-corrected chi connectivity index (χ2v) is 7.65. The summed E-state index contributed by atoms with van der Waals surface area (Å²) >= 11 is 0. The number of benzene rings is 2. The van der Waals surface area contributed by atoms with Crippen LogP contribution in [-0.2, 0) is 11.2 Å². The summed E-state index contributed by atoms with van der Waals surface area (Å²) in [6, 6.07) is 13.7. The Bertz CT molecular complexity index is 761. The van der Waals surface area contributed by atoms with Gasteiger partial charge in [-0.3, -0.25) is 0 Å². The molecule has 0 radical (unpaired) electrons. The Kier molecular flexibility index (Phi) is 10.4. The lowest BCUT2D eigenvalue weighted by Crippen LogP contribution is -2.08. The largest absolute Gasteiger partial charge is 0.379 e. The minimum absolute atomic E-state index is 0.179. The minimum atomic E-state index is -0.179. The van der Waals surface area contributed by atoms with Crippen molar-refractivity contribution in [2.75, 3.05) is 6.61 Å². The van der Waals surface area contributed by atoms with Gasteiger partial charge in [0.05, 0.1) is 6.10 Å². The lowest BCUT2D eigenvalue weighted by atomic mass is 10.0. The van der Waals surface area contributed by atoms with Gasteiger partial charge in [-0.2, -0.15) is 0 Å². The van der Waals surface area contributed by atoms with Crippen LogP contribution in [0, 0.1) is 5.82 Å². The summed E-state index contributed by atoms with van der Waals surface area (Å²) in [4.78, 5) is 0. The van der Waals surface area contributed by atoms with Gasteiger partial charge in [0.2, 0.25) is 0 Å². The van der Waals surface area contributed by atoms with Crippen LogP contribution in [0.1, 0.15) is 63.5 Å². The zero-order chi connectivity index (χ0) is 20.9. The van der Waals surface area contributed by atoms with E-state index in [1.807, 2.05) is 36.4 Å². The highest BCUT2D eigenvalue weighted by Gasteiger charge is 2.04. The first-order chi connectivity index (χ1) is 14.1. The summed E-state index contributed by atoms with van der Waals surface area (Å²) in [6.45, 7) is 8.96. The van der Waals surface area contributed by atoms with Gasteiger partial charge in [-0.05, 0) is 61.8 Å². The van der Waals surface area contributed by atoms with E-state index in [0.717, 1.165) is 49.8 Å². The number of rotatable bonds is 13. The second-order valence-electron chi connectivity index (χ2n) is 7.65. The van der Waals surface area contributed by atoms with E-state index in [2.05, 4.69) is 38.6 Å². The van der Waals surface area contributed by atoms with Gasteiger partial charge >= 0.3 is 0 Å². The van der Waals surface area contributed by atoms with Crippen molar-refractivity contribution in [3.63, 3.8) is 0 Å². The first-order valence-electron chi connectivity index (χ1n) is 10.9. The number of hydrogen-bond acceptors (Lipinski definition) is 1. The van der Waals surface area contributed by atoms with Gasteiger partial charge in [0, 0.05) is 12.2 Å². The highest BCUT2D eigenvalue weighted by Crippen LogP contribution is 2.23. The van der Waals surface area contributed by atoms with Crippen LogP contribution in [-0.4, -0.2) is 12.7 Å². The van der Waals surface area contributed by atoms with Crippen molar-refractivity contribution in [2.24, 2.45) is 0 Å². The molecule has 2 aromatic carbocycles. The van der Waals surface area contributed by atoms with Gasteiger partial charge in [-0.1, -0.05) is 74.4 Å². The zero-order valence-corrected chi connectivity index (χ0v) is 18.0. The maximum absolute atomic E-state index is 14.5. The fourth-order valence-corrected chi connectivity index (χ4v) is 3.30. The van der Waals surface area contributed by atoms with Crippen molar-refractivity contribution in [2.45, 2.75) is 64.9 Å². The topological polar surface area (TPSA) is 9.23 Å². The first kappa shape index (κ1) is 23.1. The van der Waals surface area contributed by atoms with Gasteiger partial charge in [0.25, 0.3) is 0 Å². The van der Waals surface area contributed by atoms with Crippen LogP contribution in [0.2, 0.25) is 0 Å². The lowest BCUT2D eigenvalue weighted by molar-refractivity contribution is 0.0566. The van der Waals surface area contributed by atoms with Crippen molar-refractivity contribution in [3.05, 3.63) is 78.1 Å². The van der Waals surface area contributed by atoms with E-state index in [-0.39, 0.29) is 5.82 Å². The van der Waals surface area contributed by atoms with Crippen LogP contribution in [0.15, 0.2) is 61.2 Å².